The van der Waals surface area contributed by atoms with Crippen molar-refractivity contribution >= 4 is 51.7 Å². The van der Waals surface area contributed by atoms with Gasteiger partial charge in [0, 0.05) is 82.5 Å². The van der Waals surface area contributed by atoms with Crippen molar-refractivity contribution in [3.05, 3.63) is 65.4 Å². The minimum absolute atomic E-state index is 0.0245. The fraction of sp³-hybridized carbons (Fsp3) is 0.511. The van der Waals surface area contributed by atoms with Gasteiger partial charge < -0.3 is 24.8 Å². The third kappa shape index (κ3) is 9.06. The second kappa shape index (κ2) is 18.5. The summed E-state index contributed by atoms with van der Waals surface area (Å²) in [6.45, 7) is 8.91. The van der Waals surface area contributed by atoms with Gasteiger partial charge in [-0.05, 0) is 76.0 Å². The van der Waals surface area contributed by atoms with E-state index in [2.05, 4.69) is 42.7 Å². The van der Waals surface area contributed by atoms with Crippen molar-refractivity contribution in [1.29, 1.82) is 0 Å². The topological polar surface area (TPSA) is 177 Å². The number of fused-ring (bicyclic) bond motifs is 2. The maximum atomic E-state index is 14.3. The summed E-state index contributed by atoms with van der Waals surface area (Å²) in [5, 5.41) is 19.2. The Morgan fingerprint density at radius 1 is 0.984 bits per heavy atom. The largest absolute Gasteiger partial charge is 0.365 e. The molecule has 3 aliphatic heterocycles. The van der Waals surface area contributed by atoms with Crippen molar-refractivity contribution in [3.8, 4) is 11.8 Å². The van der Waals surface area contributed by atoms with Gasteiger partial charge in [-0.2, -0.15) is 15.3 Å². The molecular formula is C45H52F2N12O5. The first-order valence-corrected chi connectivity index (χ1v) is 22.2. The van der Waals surface area contributed by atoms with Crippen molar-refractivity contribution in [2.24, 2.45) is 5.92 Å². The van der Waals surface area contributed by atoms with E-state index in [1.807, 2.05) is 30.0 Å². The second-order valence-corrected chi connectivity index (χ2v) is 17.3. The van der Waals surface area contributed by atoms with Crippen LogP contribution in [-0.2, 0) is 19.1 Å². The maximum Gasteiger partial charge on any atom is 0.284 e. The number of aromatic nitrogens is 7. The number of halogens is 2. The summed E-state index contributed by atoms with van der Waals surface area (Å²) in [5.41, 5.74) is 2.37. The molecular weight excluding hydrogens is 827 g/mol. The molecule has 4 aromatic heterocycles. The molecule has 4 aliphatic rings. The number of nitrogens with one attached hydrogen (secondary N) is 2. The first kappa shape index (κ1) is 43.0. The number of hydrogen-bond donors (Lipinski definition) is 2. The van der Waals surface area contributed by atoms with Crippen molar-refractivity contribution in [2.45, 2.75) is 89.8 Å². The number of carbonyl (C=O) groups is 4. The van der Waals surface area contributed by atoms with Crippen LogP contribution in [0.5, 0.6) is 0 Å². The van der Waals surface area contributed by atoms with Crippen LogP contribution >= 0.6 is 0 Å². The van der Waals surface area contributed by atoms with Gasteiger partial charge in [0.25, 0.3) is 18.2 Å². The monoisotopic (exact) mass is 878 g/mol. The Bertz CT molecular complexity index is 2620. The molecule has 5 aromatic rings. The van der Waals surface area contributed by atoms with E-state index in [9.17, 15) is 28.0 Å². The maximum absolute atomic E-state index is 14.3. The van der Waals surface area contributed by atoms with Crippen LogP contribution in [0.3, 0.4) is 0 Å². The molecule has 64 heavy (non-hydrogen) atoms. The Labute approximate surface area is 368 Å². The zero-order chi connectivity index (χ0) is 44.5. The Morgan fingerprint density at radius 2 is 1.77 bits per heavy atom. The van der Waals surface area contributed by atoms with Crippen molar-refractivity contribution in [3.63, 3.8) is 0 Å². The molecule has 0 radical (unpaired) electrons. The minimum Gasteiger partial charge on any atom is -0.365 e. The van der Waals surface area contributed by atoms with Crippen LogP contribution in [0.2, 0.25) is 0 Å². The molecule has 1 saturated carbocycles. The van der Waals surface area contributed by atoms with Crippen LogP contribution in [0.15, 0.2) is 42.9 Å². The SMILES string of the molecule is CC(=O)N1CCN(c2ccn3ncc(C(=O)Nc4cn(C5CCC(CN6CCC(OCC#Cc7cccc8c7c(C)nn8C7CCC(=O)NC7=O)CC6)CC5)nc4C(F)F)c3n2)CC1. The van der Waals surface area contributed by atoms with E-state index in [0.717, 1.165) is 80.3 Å². The lowest BCUT2D eigenvalue weighted by Crippen LogP contribution is -2.48. The van der Waals surface area contributed by atoms with Crippen LogP contribution in [0.1, 0.15) is 104 Å². The Kier molecular flexibility index (Phi) is 12.4. The number of hydrogen-bond acceptors (Lipinski definition) is 11. The molecule has 336 valence electrons. The first-order chi connectivity index (χ1) is 31.0. The van der Waals surface area contributed by atoms with Crippen molar-refractivity contribution < 1.29 is 32.7 Å². The van der Waals surface area contributed by atoms with Crippen molar-refractivity contribution in [1.82, 2.24) is 49.3 Å². The summed E-state index contributed by atoms with van der Waals surface area (Å²) in [4.78, 5) is 60.6. The zero-order valence-corrected chi connectivity index (χ0v) is 36.0. The molecule has 1 atom stereocenters. The van der Waals surface area contributed by atoms with Crippen LogP contribution < -0.4 is 15.5 Å². The smallest absolute Gasteiger partial charge is 0.284 e. The molecule has 2 N–H and O–H groups in total. The van der Waals surface area contributed by atoms with Crippen LogP contribution in [-0.4, -0.2) is 126 Å². The molecule has 9 rings (SSSR count). The average molecular weight is 879 g/mol. The van der Waals surface area contributed by atoms with E-state index >= 15 is 0 Å². The molecule has 0 spiro atoms. The number of piperidine rings is 2. The van der Waals surface area contributed by atoms with Gasteiger partial charge >= 0.3 is 0 Å². The molecule has 4 fully saturated rings. The van der Waals surface area contributed by atoms with Gasteiger partial charge in [0.2, 0.25) is 11.8 Å². The Morgan fingerprint density at radius 3 is 2.50 bits per heavy atom. The predicted molar refractivity (Wildman–Crippen MR) is 232 cm³/mol. The quantitative estimate of drug-likeness (QED) is 0.147. The molecule has 17 nitrogen and oxygen atoms in total. The highest BCUT2D eigenvalue weighted by atomic mass is 19.3. The molecule has 7 heterocycles. The van der Waals surface area contributed by atoms with E-state index in [1.165, 1.54) is 16.9 Å². The highest BCUT2D eigenvalue weighted by Gasteiger charge is 2.32. The van der Waals surface area contributed by atoms with E-state index in [-0.39, 0.29) is 47.5 Å². The highest BCUT2D eigenvalue weighted by molar-refractivity contribution is 6.08. The lowest BCUT2D eigenvalue weighted by Gasteiger charge is -2.36. The fourth-order valence-corrected chi connectivity index (χ4v) is 9.63. The number of aryl methyl sites for hydroxylation is 1. The molecule has 1 unspecified atom stereocenters. The zero-order valence-electron chi connectivity index (χ0n) is 36.0. The molecule has 19 heteroatoms. The number of imide groups is 1. The molecule has 0 bridgehead atoms. The Balaban J connectivity index is 0.741. The van der Waals surface area contributed by atoms with Gasteiger partial charge in [-0.3, -0.25) is 33.9 Å². The van der Waals surface area contributed by atoms with Gasteiger partial charge in [-0.15, -0.1) is 0 Å². The van der Waals surface area contributed by atoms with Gasteiger partial charge in [-0.1, -0.05) is 17.9 Å². The van der Waals surface area contributed by atoms with Gasteiger partial charge in [0.15, 0.2) is 11.3 Å². The number of benzene rings is 1. The second-order valence-electron chi connectivity index (χ2n) is 17.3. The van der Waals surface area contributed by atoms with E-state index in [0.29, 0.717) is 56.6 Å². The summed E-state index contributed by atoms with van der Waals surface area (Å²) in [6, 6.07) is 6.98. The molecule has 3 saturated heterocycles. The number of ether oxygens (including phenoxy) is 1. The minimum atomic E-state index is -2.88. The summed E-state index contributed by atoms with van der Waals surface area (Å²) in [6.07, 6.45) is 7.85. The Hall–Kier alpha value is -6.26. The van der Waals surface area contributed by atoms with Gasteiger partial charge in [-0.25, -0.2) is 18.3 Å². The average Bonchev–Trinajstić information content (AvgIpc) is 4.01. The van der Waals surface area contributed by atoms with Gasteiger partial charge in [0.05, 0.1) is 35.2 Å². The highest BCUT2D eigenvalue weighted by Crippen LogP contribution is 2.36. The number of rotatable bonds is 10. The number of piperazine rings is 1. The first-order valence-electron chi connectivity index (χ1n) is 22.2. The summed E-state index contributed by atoms with van der Waals surface area (Å²) >= 11 is 0. The fourth-order valence-electron chi connectivity index (χ4n) is 9.63. The summed E-state index contributed by atoms with van der Waals surface area (Å²) < 4.78 is 39.6. The lowest BCUT2D eigenvalue weighted by molar-refractivity contribution is -0.136. The summed E-state index contributed by atoms with van der Waals surface area (Å²) in [7, 11) is 0. The van der Waals surface area contributed by atoms with E-state index < -0.39 is 24.1 Å². The van der Waals surface area contributed by atoms with Crippen LogP contribution in [0, 0.1) is 24.7 Å². The van der Waals surface area contributed by atoms with E-state index in [1.54, 1.807) is 33.5 Å². The number of amides is 4. The number of anilines is 2. The number of likely N-dealkylation sites (tertiary alicyclic amines) is 1. The third-order valence-corrected chi connectivity index (χ3v) is 13.1. The van der Waals surface area contributed by atoms with Crippen LogP contribution in [0.4, 0.5) is 20.3 Å². The third-order valence-electron chi connectivity index (χ3n) is 13.1. The molecule has 1 aromatic carbocycles. The summed E-state index contributed by atoms with van der Waals surface area (Å²) in [5.74, 6) is 6.39. The normalized spacial score (nSPS) is 21.4. The van der Waals surface area contributed by atoms with E-state index in [4.69, 9.17) is 9.72 Å². The standard InChI is InChI=1S/C45H52F2N12O5/c1-28-40-31(5-3-7-36(40)59(52-28)37-12-13-39(61)51-45(37)63)6-4-24-64-33-14-17-54(18-15-33)26-30-8-10-32(11-9-30)58-27-35(41(53-58)42(46)47)49-44(62)34-25-48-57-19-16-38(50-43(34)57)56-22-20-55(21-23-56)29(2)60/h3,5,7,16,19,25,27,30,32-33,37,42H,8-15,17-18,20-24,26H2,1-2H3,(H,49,62)(H,51,61,63). The molecule has 1 aliphatic carbocycles. The van der Waals surface area contributed by atoms with Crippen molar-refractivity contribution in [2.75, 3.05) is 62.6 Å². The van der Waals surface area contributed by atoms with Crippen LogP contribution in [0.25, 0.3) is 16.6 Å². The lowest BCUT2D eigenvalue weighted by atomic mass is 9.85. The number of alkyl halides is 2. The number of nitrogens with zero attached hydrogens (tertiary/aromatic N) is 10. The predicted octanol–water partition coefficient (Wildman–Crippen LogP) is 4.68. The van der Waals surface area contributed by atoms with Gasteiger partial charge in [0.1, 0.15) is 24.0 Å². The number of carbonyl (C=O) groups excluding carboxylic acids is 4. The molecule has 4 amide bonds.